The molecule has 5 heteroatoms. The fourth-order valence-corrected chi connectivity index (χ4v) is 2.04. The van der Waals surface area contributed by atoms with Gasteiger partial charge in [-0.25, -0.2) is 0 Å². The van der Waals surface area contributed by atoms with Crippen molar-refractivity contribution in [1.29, 1.82) is 0 Å². The van der Waals surface area contributed by atoms with Crippen LogP contribution in [0.15, 0.2) is 42.5 Å². The first-order valence-corrected chi connectivity index (χ1v) is 6.78. The van der Waals surface area contributed by atoms with Gasteiger partial charge in [-0.05, 0) is 46.4 Å². The van der Waals surface area contributed by atoms with Crippen molar-refractivity contribution in [3.63, 3.8) is 0 Å². The van der Waals surface area contributed by atoms with E-state index in [2.05, 4.69) is 22.6 Å². The lowest BCUT2D eigenvalue weighted by Gasteiger charge is -2.04. The molecule has 0 aliphatic carbocycles. The molecule has 0 spiro atoms. The Morgan fingerprint density at radius 1 is 1.00 bits per heavy atom. The molecule has 4 nitrogen and oxygen atoms in total. The van der Waals surface area contributed by atoms with E-state index in [1.807, 2.05) is 24.3 Å². The zero-order valence-electron chi connectivity index (χ0n) is 10.2. The molecule has 0 aromatic heterocycles. The Morgan fingerprint density at radius 2 is 1.55 bits per heavy atom. The summed E-state index contributed by atoms with van der Waals surface area (Å²) in [7, 11) is 0. The van der Waals surface area contributed by atoms with Crippen molar-refractivity contribution in [2.75, 3.05) is 0 Å². The largest absolute Gasteiger partial charge is 0.508 e. The minimum absolute atomic E-state index is 0.232. The van der Waals surface area contributed by atoms with Crippen LogP contribution in [0.25, 0.3) is 6.08 Å². The average molecular weight is 382 g/mol. The lowest BCUT2D eigenvalue weighted by molar-refractivity contribution is 0.104. The summed E-state index contributed by atoms with van der Waals surface area (Å²) in [5.41, 5.74) is 0.598. The van der Waals surface area contributed by atoms with Crippen LogP contribution in [-0.4, -0.2) is 21.1 Å². The van der Waals surface area contributed by atoms with Gasteiger partial charge < -0.3 is 15.3 Å². The van der Waals surface area contributed by atoms with Crippen LogP contribution in [-0.2, 0) is 0 Å². The second kappa shape index (κ2) is 5.96. The van der Waals surface area contributed by atoms with E-state index in [4.69, 9.17) is 0 Å². The van der Waals surface area contributed by atoms with Crippen LogP contribution >= 0.6 is 22.6 Å². The van der Waals surface area contributed by atoms with Gasteiger partial charge in [0.25, 0.3) is 0 Å². The number of ketones is 1. The smallest absolute Gasteiger partial charge is 0.193 e. The molecule has 0 saturated heterocycles. The molecule has 20 heavy (non-hydrogen) atoms. The standard InChI is InChI=1S/C15H11IO4/c16-10-4-1-9(2-5-10)3-6-12(18)15-13(19)7-11(17)8-14(15)20/h1-8,17,19-20H. The molecule has 0 bridgehead atoms. The molecule has 0 unspecified atom stereocenters. The second-order valence-electron chi connectivity index (χ2n) is 4.11. The average Bonchev–Trinajstić information content (AvgIpc) is 2.37. The molecule has 2 aromatic rings. The van der Waals surface area contributed by atoms with Gasteiger partial charge >= 0.3 is 0 Å². The molecule has 0 fully saturated rings. The van der Waals surface area contributed by atoms with Gasteiger partial charge in [0.15, 0.2) is 5.78 Å². The minimum atomic E-state index is -0.543. The molecule has 0 radical (unpaired) electrons. The van der Waals surface area contributed by atoms with E-state index < -0.39 is 17.3 Å². The first-order chi connectivity index (χ1) is 9.47. The van der Waals surface area contributed by atoms with Crippen LogP contribution in [0.4, 0.5) is 0 Å². The molecule has 0 heterocycles. The van der Waals surface area contributed by atoms with Crippen LogP contribution in [0, 0.1) is 3.57 Å². The summed E-state index contributed by atoms with van der Waals surface area (Å²) >= 11 is 2.18. The number of benzene rings is 2. The zero-order valence-corrected chi connectivity index (χ0v) is 12.4. The van der Waals surface area contributed by atoms with Crippen molar-refractivity contribution < 1.29 is 20.1 Å². The monoisotopic (exact) mass is 382 g/mol. The molecular weight excluding hydrogens is 371 g/mol. The Balaban J connectivity index is 2.26. The first kappa shape index (κ1) is 14.4. The van der Waals surface area contributed by atoms with E-state index in [0.29, 0.717) is 0 Å². The topological polar surface area (TPSA) is 77.8 Å². The maximum absolute atomic E-state index is 11.9. The molecule has 0 saturated carbocycles. The summed E-state index contributed by atoms with van der Waals surface area (Å²) in [6, 6.07) is 9.52. The molecule has 3 N–H and O–H groups in total. The van der Waals surface area contributed by atoms with Gasteiger partial charge in [0.2, 0.25) is 0 Å². The summed E-state index contributed by atoms with van der Waals surface area (Å²) in [5, 5.41) is 28.4. The fraction of sp³-hybridized carbons (Fsp3) is 0. The number of hydrogen-bond donors (Lipinski definition) is 3. The normalized spacial score (nSPS) is 10.8. The third-order valence-corrected chi connectivity index (χ3v) is 3.34. The number of allylic oxidation sites excluding steroid dienone is 1. The third kappa shape index (κ3) is 3.30. The summed E-state index contributed by atoms with van der Waals surface area (Å²) in [5.74, 6) is -1.77. The number of halogens is 1. The van der Waals surface area contributed by atoms with Crippen LogP contribution in [0.3, 0.4) is 0 Å². The van der Waals surface area contributed by atoms with Gasteiger partial charge in [-0.2, -0.15) is 0 Å². The summed E-state index contributed by atoms with van der Waals surface area (Å²) < 4.78 is 1.08. The predicted molar refractivity (Wildman–Crippen MR) is 84.0 cm³/mol. The lowest BCUT2D eigenvalue weighted by Crippen LogP contribution is -1.95. The molecule has 0 aliphatic heterocycles. The summed E-state index contributed by atoms with van der Waals surface area (Å²) in [4.78, 5) is 11.9. The Hall–Kier alpha value is -2.02. The molecule has 2 aromatic carbocycles. The summed E-state index contributed by atoms with van der Waals surface area (Å²) in [6.45, 7) is 0. The van der Waals surface area contributed by atoms with Crippen LogP contribution < -0.4 is 0 Å². The highest BCUT2D eigenvalue weighted by atomic mass is 127. The first-order valence-electron chi connectivity index (χ1n) is 5.70. The number of carbonyl (C=O) groups excluding carboxylic acids is 1. The highest BCUT2D eigenvalue weighted by Gasteiger charge is 2.15. The molecule has 0 atom stereocenters. The van der Waals surface area contributed by atoms with E-state index in [-0.39, 0.29) is 11.3 Å². The maximum atomic E-state index is 11.9. The predicted octanol–water partition coefficient (Wildman–Crippen LogP) is 3.30. The van der Waals surface area contributed by atoms with Gasteiger partial charge in [0, 0.05) is 15.7 Å². The van der Waals surface area contributed by atoms with Gasteiger partial charge in [-0.3, -0.25) is 4.79 Å². The Kier molecular flexibility index (Phi) is 4.29. The van der Waals surface area contributed by atoms with E-state index in [1.54, 1.807) is 6.08 Å². The van der Waals surface area contributed by atoms with Crippen molar-refractivity contribution in [1.82, 2.24) is 0 Å². The highest BCUT2D eigenvalue weighted by Crippen LogP contribution is 2.32. The van der Waals surface area contributed by atoms with Gasteiger partial charge in [0.05, 0.1) is 0 Å². The molecular formula is C15H11IO4. The molecule has 0 amide bonds. The molecule has 2 rings (SSSR count). The van der Waals surface area contributed by atoms with Crippen LogP contribution in [0.1, 0.15) is 15.9 Å². The Bertz CT molecular complexity index is 652. The van der Waals surface area contributed by atoms with E-state index in [9.17, 15) is 20.1 Å². The quantitative estimate of drug-likeness (QED) is 0.433. The SMILES string of the molecule is O=C(C=Cc1ccc(I)cc1)c1c(O)cc(O)cc1O. The fourth-order valence-electron chi connectivity index (χ4n) is 1.68. The second-order valence-corrected chi connectivity index (χ2v) is 5.35. The maximum Gasteiger partial charge on any atom is 0.193 e. The zero-order chi connectivity index (χ0) is 14.7. The van der Waals surface area contributed by atoms with Crippen LogP contribution in [0.5, 0.6) is 17.2 Å². The van der Waals surface area contributed by atoms with Crippen molar-refractivity contribution >= 4 is 34.5 Å². The van der Waals surface area contributed by atoms with Gasteiger partial charge in [0.1, 0.15) is 22.8 Å². The van der Waals surface area contributed by atoms with E-state index in [0.717, 1.165) is 21.3 Å². The molecule has 0 aliphatic rings. The van der Waals surface area contributed by atoms with E-state index in [1.165, 1.54) is 6.08 Å². The number of carbonyl (C=O) groups is 1. The third-order valence-electron chi connectivity index (χ3n) is 2.63. The number of hydrogen-bond acceptors (Lipinski definition) is 4. The van der Waals surface area contributed by atoms with Gasteiger partial charge in [-0.1, -0.05) is 18.2 Å². The van der Waals surface area contributed by atoms with E-state index >= 15 is 0 Å². The van der Waals surface area contributed by atoms with Crippen LogP contribution in [0.2, 0.25) is 0 Å². The number of phenolic OH excluding ortho intramolecular Hbond substituents is 3. The van der Waals surface area contributed by atoms with Crippen molar-refractivity contribution in [2.45, 2.75) is 0 Å². The Labute approximate surface area is 129 Å². The summed E-state index contributed by atoms with van der Waals surface area (Å²) in [6.07, 6.45) is 2.85. The Morgan fingerprint density at radius 3 is 2.10 bits per heavy atom. The minimum Gasteiger partial charge on any atom is -0.508 e. The number of rotatable bonds is 3. The van der Waals surface area contributed by atoms with Gasteiger partial charge in [-0.15, -0.1) is 0 Å². The lowest BCUT2D eigenvalue weighted by atomic mass is 10.1. The number of phenols is 3. The van der Waals surface area contributed by atoms with Crippen molar-refractivity contribution in [3.05, 3.63) is 57.2 Å². The number of aromatic hydroxyl groups is 3. The van der Waals surface area contributed by atoms with Crippen molar-refractivity contribution in [3.8, 4) is 17.2 Å². The molecule has 102 valence electrons. The highest BCUT2D eigenvalue weighted by molar-refractivity contribution is 14.1. The van der Waals surface area contributed by atoms with Crippen molar-refractivity contribution in [2.24, 2.45) is 0 Å².